The smallest absolute Gasteiger partial charge is 0.381 e. The number of hydrogen-bond donors (Lipinski definition) is 0. The average molecular weight is 310 g/mol. The fraction of sp³-hybridized carbons (Fsp3) is 0.615. The van der Waals surface area contributed by atoms with E-state index in [4.69, 9.17) is 4.74 Å². The summed E-state index contributed by atoms with van der Waals surface area (Å²) in [6.45, 7) is 2.94. The van der Waals surface area contributed by atoms with Gasteiger partial charge in [0.05, 0.1) is 12.5 Å². The maximum Gasteiger partial charge on any atom is 0.381 e. The highest BCUT2D eigenvalue weighted by atomic mass is 16.6. The second-order valence-electron chi connectivity index (χ2n) is 5.09. The predicted molar refractivity (Wildman–Crippen MR) is 74.8 cm³/mol. The summed E-state index contributed by atoms with van der Waals surface area (Å²) >= 11 is 0. The molecule has 9 heteroatoms. The van der Waals surface area contributed by atoms with E-state index in [2.05, 4.69) is 4.98 Å². The number of aromatic nitrogens is 2. The van der Waals surface area contributed by atoms with Crippen LogP contribution in [-0.2, 0) is 20.9 Å². The summed E-state index contributed by atoms with van der Waals surface area (Å²) in [5.41, 5.74) is 0. The summed E-state index contributed by atoms with van der Waals surface area (Å²) < 4.78 is 6.36. The number of esters is 1. The molecule has 1 atom stereocenters. The van der Waals surface area contributed by atoms with Crippen molar-refractivity contribution in [3.8, 4) is 0 Å². The molecule has 0 bridgehead atoms. The minimum Gasteiger partial charge on any atom is -0.466 e. The van der Waals surface area contributed by atoms with Gasteiger partial charge in [-0.2, -0.15) is 0 Å². The van der Waals surface area contributed by atoms with E-state index in [9.17, 15) is 19.7 Å². The van der Waals surface area contributed by atoms with Crippen molar-refractivity contribution in [2.24, 2.45) is 5.92 Å². The van der Waals surface area contributed by atoms with E-state index in [0.717, 1.165) is 6.42 Å². The van der Waals surface area contributed by atoms with Crippen LogP contribution in [0.3, 0.4) is 0 Å². The molecule has 120 valence electrons. The molecule has 0 aliphatic carbocycles. The van der Waals surface area contributed by atoms with E-state index in [1.165, 1.54) is 17.1 Å². The van der Waals surface area contributed by atoms with Gasteiger partial charge in [-0.15, -0.1) is 0 Å². The maximum atomic E-state index is 12.2. The molecule has 0 saturated carbocycles. The quantitative estimate of drug-likeness (QED) is 0.447. The Hall–Kier alpha value is -2.45. The third-order valence-electron chi connectivity index (χ3n) is 3.52. The van der Waals surface area contributed by atoms with E-state index >= 15 is 0 Å². The maximum absolute atomic E-state index is 12.2. The number of carbonyl (C=O) groups excluding carboxylic acids is 2. The number of likely N-dealkylation sites (tertiary alicyclic amines) is 1. The average Bonchev–Trinajstić information content (AvgIpc) is 2.96. The standard InChI is InChI=1S/C13H18N4O5/c1-2-22-13(19)10-4-3-5-16(6-10)12(18)8-15-7-11(14-9-15)17(20)21/h7,9-10H,2-6,8H2,1H3/t10-/m1/s1. The molecule has 1 fully saturated rings. The topological polar surface area (TPSA) is 108 Å². The molecule has 0 unspecified atom stereocenters. The molecule has 0 spiro atoms. The van der Waals surface area contributed by atoms with Crippen molar-refractivity contribution in [2.75, 3.05) is 19.7 Å². The van der Waals surface area contributed by atoms with Gasteiger partial charge in [0.2, 0.25) is 12.2 Å². The van der Waals surface area contributed by atoms with Gasteiger partial charge in [-0.3, -0.25) is 9.59 Å². The normalized spacial score (nSPS) is 18.0. The van der Waals surface area contributed by atoms with Gasteiger partial charge in [0, 0.05) is 13.1 Å². The van der Waals surface area contributed by atoms with Crippen molar-refractivity contribution in [2.45, 2.75) is 26.3 Å². The number of ether oxygens (including phenoxy) is 1. The van der Waals surface area contributed by atoms with Crippen molar-refractivity contribution in [1.29, 1.82) is 0 Å². The molecule has 1 aliphatic rings. The van der Waals surface area contributed by atoms with Crippen LogP contribution in [0.2, 0.25) is 0 Å². The Bertz CT molecular complexity index is 571. The Morgan fingerprint density at radius 1 is 1.55 bits per heavy atom. The molecular formula is C13H18N4O5. The van der Waals surface area contributed by atoms with E-state index < -0.39 is 4.92 Å². The van der Waals surface area contributed by atoms with Gasteiger partial charge in [-0.25, -0.2) is 0 Å². The number of hydrogen-bond acceptors (Lipinski definition) is 6. The zero-order valence-electron chi connectivity index (χ0n) is 12.3. The second kappa shape index (κ2) is 7.01. The molecule has 1 saturated heterocycles. The van der Waals surface area contributed by atoms with E-state index in [0.29, 0.717) is 26.1 Å². The fourth-order valence-corrected chi connectivity index (χ4v) is 2.44. The first-order valence-electron chi connectivity index (χ1n) is 7.11. The van der Waals surface area contributed by atoms with Crippen molar-refractivity contribution in [3.05, 3.63) is 22.6 Å². The number of nitrogens with zero attached hydrogens (tertiary/aromatic N) is 4. The molecule has 1 aromatic rings. The molecule has 2 rings (SSSR count). The van der Waals surface area contributed by atoms with Gasteiger partial charge in [-0.1, -0.05) is 0 Å². The molecule has 1 aliphatic heterocycles. The van der Waals surface area contributed by atoms with Crippen LogP contribution >= 0.6 is 0 Å². The minimum absolute atomic E-state index is 0.0314. The highest BCUT2D eigenvalue weighted by molar-refractivity contribution is 5.78. The number of nitro groups is 1. The van der Waals surface area contributed by atoms with Crippen molar-refractivity contribution >= 4 is 17.7 Å². The Morgan fingerprint density at radius 3 is 2.95 bits per heavy atom. The first-order valence-corrected chi connectivity index (χ1v) is 7.11. The number of amides is 1. The fourth-order valence-electron chi connectivity index (χ4n) is 2.44. The van der Waals surface area contributed by atoms with Crippen LogP contribution < -0.4 is 0 Å². The lowest BCUT2D eigenvalue weighted by molar-refractivity contribution is -0.389. The Morgan fingerprint density at radius 2 is 2.32 bits per heavy atom. The first-order chi connectivity index (χ1) is 10.5. The summed E-state index contributed by atoms with van der Waals surface area (Å²) in [5, 5.41) is 10.6. The summed E-state index contributed by atoms with van der Waals surface area (Å²) in [5.74, 6) is -1.06. The largest absolute Gasteiger partial charge is 0.466 e. The molecule has 0 N–H and O–H groups in total. The zero-order chi connectivity index (χ0) is 16.1. The van der Waals surface area contributed by atoms with Crippen LogP contribution in [0.25, 0.3) is 0 Å². The van der Waals surface area contributed by atoms with Crippen molar-refractivity contribution < 1.29 is 19.2 Å². The van der Waals surface area contributed by atoms with Crippen molar-refractivity contribution in [3.63, 3.8) is 0 Å². The third kappa shape index (κ3) is 3.80. The molecule has 0 aromatic carbocycles. The highest BCUT2D eigenvalue weighted by Gasteiger charge is 2.29. The molecule has 1 amide bonds. The summed E-state index contributed by atoms with van der Waals surface area (Å²) in [4.78, 5) is 39.1. The Kier molecular flexibility index (Phi) is 5.08. The zero-order valence-corrected chi connectivity index (χ0v) is 12.3. The Labute approximate surface area is 127 Å². The number of carbonyl (C=O) groups is 2. The number of piperidine rings is 1. The molecule has 9 nitrogen and oxygen atoms in total. The second-order valence-corrected chi connectivity index (χ2v) is 5.09. The van der Waals surface area contributed by atoms with Gasteiger partial charge in [-0.05, 0) is 29.7 Å². The lowest BCUT2D eigenvalue weighted by atomic mass is 9.98. The molecule has 1 aromatic heterocycles. The monoisotopic (exact) mass is 310 g/mol. The lowest BCUT2D eigenvalue weighted by Gasteiger charge is -2.31. The minimum atomic E-state index is -0.612. The van der Waals surface area contributed by atoms with Crippen LogP contribution in [-0.4, -0.2) is 50.9 Å². The highest BCUT2D eigenvalue weighted by Crippen LogP contribution is 2.18. The predicted octanol–water partition coefficient (Wildman–Crippen LogP) is 0.593. The van der Waals surface area contributed by atoms with Crippen LogP contribution in [0.1, 0.15) is 19.8 Å². The van der Waals surface area contributed by atoms with E-state index in [1.54, 1.807) is 11.8 Å². The third-order valence-corrected chi connectivity index (χ3v) is 3.52. The lowest BCUT2D eigenvalue weighted by Crippen LogP contribution is -2.44. The molecule has 22 heavy (non-hydrogen) atoms. The Balaban J connectivity index is 1.93. The molecular weight excluding hydrogens is 292 g/mol. The summed E-state index contributed by atoms with van der Waals surface area (Å²) in [6, 6.07) is 0. The van der Waals surface area contributed by atoms with Gasteiger partial charge >= 0.3 is 11.8 Å². The van der Waals surface area contributed by atoms with Gasteiger partial charge in [0.1, 0.15) is 12.7 Å². The first kappa shape index (κ1) is 15.9. The van der Waals surface area contributed by atoms with Crippen LogP contribution in [0.4, 0.5) is 5.82 Å². The van der Waals surface area contributed by atoms with Crippen LogP contribution in [0.15, 0.2) is 12.5 Å². The van der Waals surface area contributed by atoms with E-state index in [-0.39, 0.29) is 30.2 Å². The SMILES string of the molecule is CCOC(=O)[C@@H]1CCCN(C(=O)Cn2cnc([N+](=O)[O-])c2)C1. The number of rotatable bonds is 5. The summed E-state index contributed by atoms with van der Waals surface area (Å²) in [7, 11) is 0. The van der Waals surface area contributed by atoms with Gasteiger partial charge in [0.25, 0.3) is 0 Å². The van der Waals surface area contributed by atoms with E-state index in [1.807, 2.05) is 0 Å². The molecule has 0 radical (unpaired) electrons. The number of imidazole rings is 1. The van der Waals surface area contributed by atoms with Crippen LogP contribution in [0, 0.1) is 16.0 Å². The van der Waals surface area contributed by atoms with Crippen molar-refractivity contribution in [1.82, 2.24) is 14.5 Å². The van der Waals surface area contributed by atoms with Crippen LogP contribution in [0.5, 0.6) is 0 Å². The summed E-state index contributed by atoms with van der Waals surface area (Å²) in [6.07, 6.45) is 3.91. The molecule has 2 heterocycles. The van der Waals surface area contributed by atoms with Gasteiger partial charge in [0.15, 0.2) is 0 Å². The van der Waals surface area contributed by atoms with Gasteiger partial charge < -0.3 is 24.3 Å².